The van der Waals surface area contributed by atoms with Crippen molar-refractivity contribution in [1.82, 2.24) is 4.98 Å². The highest BCUT2D eigenvalue weighted by molar-refractivity contribution is 5.56. The summed E-state index contributed by atoms with van der Waals surface area (Å²) in [4.78, 5) is 3.44. The average molecular weight is 234 g/mol. The number of halogens is 1. The molecule has 0 atom stereocenters. The Morgan fingerprint density at radius 3 is 2.65 bits per heavy atom. The van der Waals surface area contributed by atoms with Crippen LogP contribution in [0.3, 0.4) is 0 Å². The molecule has 2 aromatic rings. The number of rotatable bonds is 3. The van der Waals surface area contributed by atoms with Crippen LogP contribution in [0.1, 0.15) is 0 Å². The molecule has 17 heavy (non-hydrogen) atoms. The van der Waals surface area contributed by atoms with Gasteiger partial charge in [-0.05, 0) is 18.2 Å². The summed E-state index contributed by atoms with van der Waals surface area (Å²) in [5.74, 6) is 0.799. The van der Waals surface area contributed by atoms with Gasteiger partial charge in [-0.15, -0.1) is 0 Å². The van der Waals surface area contributed by atoms with E-state index in [9.17, 15) is 4.39 Å². The van der Waals surface area contributed by atoms with Gasteiger partial charge in [0.2, 0.25) is 5.95 Å². The van der Waals surface area contributed by atoms with Crippen molar-refractivity contribution >= 4 is 5.69 Å². The van der Waals surface area contributed by atoms with E-state index in [0.29, 0.717) is 22.9 Å². The predicted molar refractivity (Wildman–Crippen MR) is 61.7 cm³/mol. The van der Waals surface area contributed by atoms with E-state index in [1.165, 1.54) is 19.4 Å². The van der Waals surface area contributed by atoms with Crippen molar-refractivity contribution in [3.05, 3.63) is 42.5 Å². The molecule has 0 aliphatic heterocycles. The molecule has 1 heterocycles. The fourth-order valence-corrected chi connectivity index (χ4v) is 1.34. The van der Waals surface area contributed by atoms with E-state index < -0.39 is 5.95 Å². The van der Waals surface area contributed by atoms with Crippen LogP contribution in [0.15, 0.2) is 36.5 Å². The first-order chi connectivity index (χ1) is 8.19. The predicted octanol–water partition coefficient (Wildman–Crippen LogP) is 2.60. The quantitative estimate of drug-likeness (QED) is 0.655. The molecule has 0 radical (unpaired) electrons. The summed E-state index contributed by atoms with van der Waals surface area (Å²) in [6.45, 7) is 0. The van der Waals surface area contributed by atoms with Crippen molar-refractivity contribution in [1.29, 1.82) is 0 Å². The van der Waals surface area contributed by atoms with Gasteiger partial charge in [-0.2, -0.15) is 4.39 Å². The summed E-state index contributed by atoms with van der Waals surface area (Å²) in [5.41, 5.74) is 6.18. The van der Waals surface area contributed by atoms with Crippen LogP contribution in [0, 0.1) is 5.95 Å². The molecule has 0 amide bonds. The molecule has 0 bridgehead atoms. The van der Waals surface area contributed by atoms with Crippen LogP contribution in [0.25, 0.3) is 0 Å². The lowest BCUT2D eigenvalue weighted by Gasteiger charge is -2.08. The summed E-state index contributed by atoms with van der Waals surface area (Å²) in [7, 11) is 1.52. The van der Waals surface area contributed by atoms with Crippen LogP contribution in [0.5, 0.6) is 17.2 Å². The minimum atomic E-state index is -0.593. The molecule has 2 N–H and O–H groups in total. The Bertz CT molecular complexity index is 532. The lowest BCUT2D eigenvalue weighted by Crippen LogP contribution is -1.93. The standard InChI is InChI=1S/C12H11FN2O2/c1-16-11-6-8(2-3-10(11)14)17-9-4-5-15-12(13)7-9/h2-7H,14H2,1H3. The maximum atomic E-state index is 12.8. The number of nitrogens with zero attached hydrogens (tertiary/aromatic N) is 1. The number of ether oxygens (including phenoxy) is 2. The second-order valence-electron chi connectivity index (χ2n) is 3.32. The highest BCUT2D eigenvalue weighted by Gasteiger charge is 2.04. The van der Waals surface area contributed by atoms with Gasteiger partial charge in [-0.25, -0.2) is 4.98 Å². The fraction of sp³-hybridized carbons (Fsp3) is 0.0833. The van der Waals surface area contributed by atoms with E-state index in [1.807, 2.05) is 0 Å². The number of anilines is 1. The molecular formula is C12H11FN2O2. The number of hydrogen-bond donors (Lipinski definition) is 1. The van der Waals surface area contributed by atoms with Crippen molar-refractivity contribution in [3.8, 4) is 17.2 Å². The normalized spacial score (nSPS) is 10.0. The van der Waals surface area contributed by atoms with Crippen LogP contribution in [-0.4, -0.2) is 12.1 Å². The Labute approximate surface area is 97.8 Å². The number of nitrogen functional groups attached to an aromatic ring is 1. The van der Waals surface area contributed by atoms with Gasteiger partial charge in [-0.1, -0.05) is 0 Å². The number of nitrogens with two attached hydrogens (primary N) is 1. The molecule has 0 unspecified atom stereocenters. The van der Waals surface area contributed by atoms with Crippen LogP contribution in [-0.2, 0) is 0 Å². The highest BCUT2D eigenvalue weighted by atomic mass is 19.1. The lowest BCUT2D eigenvalue weighted by molar-refractivity contribution is 0.410. The van der Waals surface area contributed by atoms with E-state index >= 15 is 0 Å². The highest BCUT2D eigenvalue weighted by Crippen LogP contribution is 2.29. The van der Waals surface area contributed by atoms with Crippen molar-refractivity contribution in [2.24, 2.45) is 0 Å². The molecular weight excluding hydrogens is 223 g/mol. The molecule has 0 aliphatic carbocycles. The Kier molecular flexibility index (Phi) is 3.09. The second-order valence-corrected chi connectivity index (χ2v) is 3.32. The Morgan fingerprint density at radius 2 is 1.94 bits per heavy atom. The molecule has 1 aromatic heterocycles. The maximum Gasteiger partial charge on any atom is 0.216 e. The van der Waals surface area contributed by atoms with Gasteiger partial charge in [0, 0.05) is 18.3 Å². The van der Waals surface area contributed by atoms with Gasteiger partial charge in [-0.3, -0.25) is 0 Å². The van der Waals surface area contributed by atoms with Gasteiger partial charge in [0.15, 0.2) is 0 Å². The van der Waals surface area contributed by atoms with E-state index in [2.05, 4.69) is 4.98 Å². The molecule has 0 aliphatic rings. The molecule has 0 saturated carbocycles. The fourth-order valence-electron chi connectivity index (χ4n) is 1.34. The smallest absolute Gasteiger partial charge is 0.216 e. The molecule has 4 nitrogen and oxygen atoms in total. The first kappa shape index (κ1) is 11.2. The monoisotopic (exact) mass is 234 g/mol. The Balaban J connectivity index is 2.24. The SMILES string of the molecule is COc1cc(Oc2ccnc(F)c2)ccc1N. The van der Waals surface area contributed by atoms with Gasteiger partial charge in [0.25, 0.3) is 0 Å². The first-order valence-electron chi connectivity index (χ1n) is 4.92. The average Bonchev–Trinajstić information content (AvgIpc) is 2.32. The third-order valence-corrected chi connectivity index (χ3v) is 2.14. The van der Waals surface area contributed by atoms with Gasteiger partial charge in [0.05, 0.1) is 12.8 Å². The number of benzene rings is 1. The third-order valence-electron chi connectivity index (χ3n) is 2.14. The molecule has 1 aromatic carbocycles. The Hall–Kier alpha value is -2.30. The van der Waals surface area contributed by atoms with E-state index in [-0.39, 0.29) is 0 Å². The molecule has 0 fully saturated rings. The van der Waals surface area contributed by atoms with Crippen LogP contribution in [0.4, 0.5) is 10.1 Å². The molecule has 2 rings (SSSR count). The van der Waals surface area contributed by atoms with E-state index in [0.717, 1.165) is 0 Å². The molecule has 0 spiro atoms. The zero-order chi connectivity index (χ0) is 12.3. The minimum Gasteiger partial charge on any atom is -0.494 e. The van der Waals surface area contributed by atoms with Gasteiger partial charge >= 0.3 is 0 Å². The summed E-state index contributed by atoms with van der Waals surface area (Å²) in [5, 5.41) is 0. The summed E-state index contributed by atoms with van der Waals surface area (Å²) >= 11 is 0. The van der Waals surface area contributed by atoms with Gasteiger partial charge < -0.3 is 15.2 Å². The van der Waals surface area contributed by atoms with Crippen molar-refractivity contribution < 1.29 is 13.9 Å². The topological polar surface area (TPSA) is 57.4 Å². The van der Waals surface area contributed by atoms with Crippen LogP contribution < -0.4 is 15.2 Å². The first-order valence-corrected chi connectivity index (χ1v) is 4.92. The number of pyridine rings is 1. The molecule has 0 saturated heterocycles. The number of hydrogen-bond acceptors (Lipinski definition) is 4. The zero-order valence-electron chi connectivity index (χ0n) is 9.18. The Morgan fingerprint density at radius 1 is 1.18 bits per heavy atom. The largest absolute Gasteiger partial charge is 0.494 e. The van der Waals surface area contributed by atoms with Crippen LogP contribution >= 0.6 is 0 Å². The molecule has 5 heteroatoms. The van der Waals surface area contributed by atoms with Crippen molar-refractivity contribution in [3.63, 3.8) is 0 Å². The summed E-state index contributed by atoms with van der Waals surface area (Å²) < 4.78 is 23.3. The zero-order valence-corrected chi connectivity index (χ0v) is 9.18. The number of aromatic nitrogens is 1. The summed E-state index contributed by atoms with van der Waals surface area (Å²) in [6.07, 6.45) is 1.33. The van der Waals surface area contributed by atoms with Gasteiger partial charge in [0.1, 0.15) is 17.2 Å². The lowest BCUT2D eigenvalue weighted by atomic mass is 10.3. The minimum absolute atomic E-state index is 0.365. The van der Waals surface area contributed by atoms with Crippen molar-refractivity contribution in [2.75, 3.05) is 12.8 Å². The van der Waals surface area contributed by atoms with E-state index in [1.54, 1.807) is 24.3 Å². The van der Waals surface area contributed by atoms with Crippen LogP contribution in [0.2, 0.25) is 0 Å². The maximum absolute atomic E-state index is 12.8. The van der Waals surface area contributed by atoms with E-state index in [4.69, 9.17) is 15.2 Å². The molecule has 88 valence electrons. The summed E-state index contributed by atoms with van der Waals surface area (Å²) in [6, 6.07) is 7.73. The third kappa shape index (κ3) is 2.63. The number of methoxy groups -OCH3 is 1. The van der Waals surface area contributed by atoms with Crippen molar-refractivity contribution in [2.45, 2.75) is 0 Å². The second kappa shape index (κ2) is 4.69.